The van der Waals surface area contributed by atoms with E-state index in [0.717, 1.165) is 12.4 Å². The van der Waals surface area contributed by atoms with E-state index in [2.05, 4.69) is 19.7 Å². The van der Waals surface area contributed by atoms with E-state index >= 15 is 0 Å². The first kappa shape index (κ1) is 18.2. The molecule has 1 saturated heterocycles. The Morgan fingerprint density at radius 3 is 2.55 bits per heavy atom. The van der Waals surface area contributed by atoms with Crippen molar-refractivity contribution in [2.45, 2.75) is 36.5 Å². The van der Waals surface area contributed by atoms with Crippen LogP contribution in [0.15, 0.2) is 36.9 Å². The number of benzene rings is 1. The van der Waals surface area contributed by atoms with Crippen LogP contribution in [0.4, 0.5) is 13.2 Å². The molecular formula is C17H13F3N4O5. The lowest BCUT2D eigenvalue weighted by atomic mass is 10.1. The second-order valence-corrected chi connectivity index (χ2v) is 6.81. The molecule has 5 atom stereocenters. The van der Waals surface area contributed by atoms with Crippen molar-refractivity contribution in [3.05, 3.63) is 36.9 Å². The molecule has 3 aromatic rings. The summed E-state index contributed by atoms with van der Waals surface area (Å²) >= 11 is 0. The summed E-state index contributed by atoms with van der Waals surface area (Å²) in [6, 6.07) is 5.47. The summed E-state index contributed by atoms with van der Waals surface area (Å²) in [6.45, 7) is 0. The van der Waals surface area contributed by atoms with Crippen molar-refractivity contribution in [3.63, 3.8) is 0 Å². The van der Waals surface area contributed by atoms with Gasteiger partial charge in [0.15, 0.2) is 17.5 Å². The largest absolute Gasteiger partial charge is 0.573 e. The van der Waals surface area contributed by atoms with Crippen molar-refractivity contribution in [2.75, 3.05) is 0 Å². The van der Waals surface area contributed by atoms with Crippen LogP contribution in [0, 0.1) is 0 Å². The van der Waals surface area contributed by atoms with Crippen molar-refractivity contribution < 1.29 is 38.0 Å². The first-order valence-corrected chi connectivity index (χ1v) is 8.48. The number of halogens is 3. The van der Waals surface area contributed by atoms with E-state index in [1.807, 2.05) is 0 Å². The highest BCUT2D eigenvalue weighted by atomic mass is 19.4. The van der Waals surface area contributed by atoms with E-state index in [-0.39, 0.29) is 22.4 Å². The van der Waals surface area contributed by atoms with Gasteiger partial charge in [0.25, 0.3) is 0 Å². The van der Waals surface area contributed by atoms with Crippen LogP contribution < -0.4 is 4.74 Å². The van der Waals surface area contributed by atoms with E-state index in [0.29, 0.717) is 0 Å². The number of hydrogen-bond acceptors (Lipinski definition) is 8. The molecule has 3 N–H and O–H groups in total. The van der Waals surface area contributed by atoms with Gasteiger partial charge in [-0.2, -0.15) is 0 Å². The fourth-order valence-electron chi connectivity index (χ4n) is 3.65. The van der Waals surface area contributed by atoms with Gasteiger partial charge in [0.2, 0.25) is 0 Å². The second-order valence-electron chi connectivity index (χ2n) is 6.81. The van der Waals surface area contributed by atoms with Crippen LogP contribution in [-0.2, 0) is 4.74 Å². The Morgan fingerprint density at radius 2 is 1.86 bits per heavy atom. The van der Waals surface area contributed by atoms with Crippen LogP contribution in [0.1, 0.15) is 6.23 Å². The fraction of sp³-hybridized carbons (Fsp3) is 0.353. The highest BCUT2D eigenvalue weighted by Gasteiger charge is 2.76. The van der Waals surface area contributed by atoms with Gasteiger partial charge >= 0.3 is 6.36 Å². The van der Waals surface area contributed by atoms with Gasteiger partial charge in [0, 0.05) is 5.56 Å². The van der Waals surface area contributed by atoms with Gasteiger partial charge in [-0.1, -0.05) is 12.1 Å². The zero-order valence-corrected chi connectivity index (χ0v) is 14.4. The number of aliphatic hydroxyl groups is 3. The Kier molecular flexibility index (Phi) is 3.68. The molecule has 1 saturated carbocycles. The topological polar surface area (TPSA) is 123 Å². The third-order valence-electron chi connectivity index (χ3n) is 5.14. The Hall–Kier alpha value is -2.80. The predicted molar refractivity (Wildman–Crippen MR) is 88.3 cm³/mol. The average Bonchev–Trinajstić information content (AvgIpc) is 2.99. The van der Waals surface area contributed by atoms with Gasteiger partial charge in [0.05, 0.1) is 6.33 Å². The molecule has 1 aromatic carbocycles. The van der Waals surface area contributed by atoms with Crippen LogP contribution in [0.25, 0.3) is 22.4 Å². The molecule has 3 heterocycles. The summed E-state index contributed by atoms with van der Waals surface area (Å²) in [5.74, 6) is -0.453. The molecule has 0 bridgehead atoms. The fourth-order valence-corrected chi connectivity index (χ4v) is 3.65. The van der Waals surface area contributed by atoms with E-state index in [9.17, 15) is 28.5 Å². The normalized spacial score (nSPS) is 31.1. The Bertz CT molecular complexity index is 1110. The van der Waals surface area contributed by atoms with E-state index < -0.39 is 42.3 Å². The smallest absolute Gasteiger partial charge is 0.405 e. The van der Waals surface area contributed by atoms with Gasteiger partial charge in [-0.15, -0.1) is 13.2 Å². The van der Waals surface area contributed by atoms with Crippen molar-refractivity contribution in [1.82, 2.24) is 19.5 Å². The molecular weight excluding hydrogens is 397 g/mol. The van der Waals surface area contributed by atoms with Crippen LogP contribution in [0.3, 0.4) is 0 Å². The minimum atomic E-state index is -4.89. The SMILES string of the molecule is OC1[C@H]2O[C@@H](n3cnc4c(-c5ccccc5OC(F)(F)F)ncnc43)[C@H](O)[C@@]12O. The van der Waals surface area contributed by atoms with Gasteiger partial charge in [-0.25, -0.2) is 15.0 Å². The number of rotatable bonds is 3. The lowest BCUT2D eigenvalue weighted by Crippen LogP contribution is -2.36. The van der Waals surface area contributed by atoms with Crippen LogP contribution in [0.5, 0.6) is 5.75 Å². The molecule has 0 amide bonds. The first-order valence-electron chi connectivity index (χ1n) is 8.48. The minimum Gasteiger partial charge on any atom is -0.405 e. The van der Waals surface area contributed by atoms with Crippen LogP contribution >= 0.6 is 0 Å². The average molecular weight is 410 g/mol. The molecule has 1 unspecified atom stereocenters. The summed E-state index contributed by atoms with van der Waals surface area (Å²) in [7, 11) is 0. The van der Waals surface area contributed by atoms with E-state index in [4.69, 9.17) is 4.74 Å². The molecule has 152 valence electrons. The molecule has 1 aliphatic carbocycles. The molecule has 2 aromatic heterocycles. The molecule has 9 nitrogen and oxygen atoms in total. The molecule has 29 heavy (non-hydrogen) atoms. The van der Waals surface area contributed by atoms with E-state index in [1.165, 1.54) is 29.1 Å². The number of aliphatic hydroxyl groups excluding tert-OH is 2. The standard InChI is InChI=1S/C17H13F3N4O5/c18-17(19,20)29-8-4-2-1-3-7(8)9-10-14(22-5-21-9)24(6-23-10)15-12(26)16(27)11(25)13(16)28-15/h1-6,11-13,15,25-27H/t11?,12-,13+,15+,16-/m0/s1. The summed E-state index contributed by atoms with van der Waals surface area (Å²) < 4.78 is 49.1. The first-order chi connectivity index (χ1) is 13.7. The zero-order valence-electron chi connectivity index (χ0n) is 14.4. The summed E-state index contributed by atoms with van der Waals surface area (Å²) in [4.78, 5) is 12.3. The third-order valence-corrected chi connectivity index (χ3v) is 5.14. The van der Waals surface area contributed by atoms with Crippen molar-refractivity contribution in [2.24, 2.45) is 0 Å². The van der Waals surface area contributed by atoms with Crippen LogP contribution in [0.2, 0.25) is 0 Å². The number of imidazole rings is 1. The van der Waals surface area contributed by atoms with Gasteiger partial charge in [-0.05, 0) is 12.1 Å². The number of fused-ring (bicyclic) bond motifs is 2. The van der Waals surface area contributed by atoms with Crippen LogP contribution in [-0.4, -0.2) is 65.1 Å². The maximum atomic E-state index is 12.7. The maximum Gasteiger partial charge on any atom is 0.573 e. The monoisotopic (exact) mass is 410 g/mol. The number of ether oxygens (including phenoxy) is 2. The Balaban J connectivity index is 1.58. The lowest BCUT2D eigenvalue weighted by Gasteiger charge is -2.22. The summed E-state index contributed by atoms with van der Waals surface area (Å²) in [5, 5.41) is 30.2. The lowest BCUT2D eigenvalue weighted by molar-refractivity contribution is -0.274. The molecule has 5 rings (SSSR count). The third kappa shape index (κ3) is 2.60. The zero-order chi connectivity index (χ0) is 20.6. The highest BCUT2D eigenvalue weighted by molar-refractivity contribution is 5.89. The van der Waals surface area contributed by atoms with Crippen molar-refractivity contribution in [1.29, 1.82) is 0 Å². The maximum absolute atomic E-state index is 12.7. The summed E-state index contributed by atoms with van der Waals surface area (Å²) in [5.41, 5.74) is -1.32. The molecule has 2 aliphatic rings. The number of aromatic nitrogens is 4. The number of hydrogen-bond donors (Lipinski definition) is 3. The highest BCUT2D eigenvalue weighted by Crippen LogP contribution is 2.53. The van der Waals surface area contributed by atoms with Crippen molar-refractivity contribution in [3.8, 4) is 17.0 Å². The Labute approximate surface area is 160 Å². The second kappa shape index (κ2) is 5.86. The van der Waals surface area contributed by atoms with Gasteiger partial charge in [0.1, 0.15) is 41.6 Å². The number of para-hydroxylation sites is 1. The van der Waals surface area contributed by atoms with Gasteiger partial charge < -0.3 is 24.8 Å². The molecule has 2 fully saturated rings. The minimum absolute atomic E-state index is 0.0484. The molecule has 12 heteroatoms. The summed E-state index contributed by atoms with van der Waals surface area (Å²) in [6.07, 6.45) is -7.15. The van der Waals surface area contributed by atoms with E-state index in [1.54, 1.807) is 0 Å². The molecule has 0 radical (unpaired) electrons. The quantitative estimate of drug-likeness (QED) is 0.578. The number of nitrogens with zero attached hydrogens (tertiary/aromatic N) is 4. The number of alkyl halides is 3. The predicted octanol–water partition coefficient (Wildman–Crippen LogP) is 0.756. The Morgan fingerprint density at radius 1 is 1.10 bits per heavy atom. The van der Waals surface area contributed by atoms with Gasteiger partial charge in [-0.3, -0.25) is 4.57 Å². The van der Waals surface area contributed by atoms with Crippen molar-refractivity contribution >= 4 is 11.2 Å². The molecule has 0 spiro atoms. The molecule has 1 aliphatic heterocycles.